The standard InChI is InChI=1S/C19H21Cl2FN2O3S2/c1-12-3-4-13(9-16(12)22)11-23-19(25)17(7-8-28-2)24-29(26,27)18-10-14(20)5-6-15(18)21/h3-6,9-10,17,24H,7-8,11H2,1-2H3,(H,23,25). The van der Waals surface area contributed by atoms with Crippen molar-refractivity contribution in [1.82, 2.24) is 10.0 Å². The van der Waals surface area contributed by atoms with Gasteiger partial charge in [0.1, 0.15) is 16.8 Å². The van der Waals surface area contributed by atoms with Crippen molar-refractivity contribution in [3.05, 3.63) is 63.4 Å². The second-order valence-electron chi connectivity index (χ2n) is 6.33. The minimum absolute atomic E-state index is 0.000977. The number of hydrogen-bond donors (Lipinski definition) is 2. The van der Waals surface area contributed by atoms with Gasteiger partial charge in [0.15, 0.2) is 0 Å². The number of hydrogen-bond acceptors (Lipinski definition) is 4. The van der Waals surface area contributed by atoms with Crippen LogP contribution in [0.5, 0.6) is 0 Å². The predicted molar refractivity (Wildman–Crippen MR) is 117 cm³/mol. The van der Waals surface area contributed by atoms with Crippen molar-refractivity contribution >= 4 is 50.9 Å². The lowest BCUT2D eigenvalue weighted by atomic mass is 10.1. The maximum Gasteiger partial charge on any atom is 0.242 e. The van der Waals surface area contributed by atoms with E-state index in [1.165, 1.54) is 36.0 Å². The molecule has 1 unspecified atom stereocenters. The largest absolute Gasteiger partial charge is 0.351 e. The maximum atomic E-state index is 13.7. The van der Waals surface area contributed by atoms with E-state index in [9.17, 15) is 17.6 Å². The molecule has 5 nitrogen and oxygen atoms in total. The Labute approximate surface area is 184 Å². The fourth-order valence-electron chi connectivity index (χ4n) is 2.47. The van der Waals surface area contributed by atoms with E-state index in [4.69, 9.17) is 23.2 Å². The lowest BCUT2D eigenvalue weighted by Gasteiger charge is -2.19. The number of nitrogens with one attached hydrogen (secondary N) is 2. The minimum Gasteiger partial charge on any atom is -0.351 e. The molecule has 2 aromatic rings. The van der Waals surface area contributed by atoms with Gasteiger partial charge in [-0.2, -0.15) is 16.5 Å². The summed E-state index contributed by atoms with van der Waals surface area (Å²) >= 11 is 13.4. The van der Waals surface area contributed by atoms with Crippen LogP contribution in [0.1, 0.15) is 17.5 Å². The Balaban J connectivity index is 2.15. The molecule has 0 radical (unpaired) electrons. The highest BCUT2D eigenvalue weighted by molar-refractivity contribution is 7.98. The van der Waals surface area contributed by atoms with Crippen molar-refractivity contribution in [3.63, 3.8) is 0 Å². The van der Waals surface area contributed by atoms with Gasteiger partial charge in [-0.05, 0) is 60.7 Å². The van der Waals surface area contributed by atoms with Gasteiger partial charge in [0.2, 0.25) is 15.9 Å². The number of carbonyl (C=O) groups is 1. The molecule has 1 amide bonds. The summed E-state index contributed by atoms with van der Waals surface area (Å²) in [4.78, 5) is 12.4. The van der Waals surface area contributed by atoms with Gasteiger partial charge in [-0.25, -0.2) is 12.8 Å². The van der Waals surface area contributed by atoms with Crippen molar-refractivity contribution in [1.29, 1.82) is 0 Å². The molecule has 10 heteroatoms. The summed E-state index contributed by atoms with van der Waals surface area (Å²) in [6.45, 7) is 1.72. The third kappa shape index (κ3) is 6.86. The first-order valence-electron chi connectivity index (χ1n) is 8.63. The Bertz CT molecular complexity index is 987. The number of sulfonamides is 1. The summed E-state index contributed by atoms with van der Waals surface area (Å²) in [5.74, 6) is -0.322. The first-order chi connectivity index (χ1) is 13.6. The first kappa shape index (κ1) is 24.0. The van der Waals surface area contributed by atoms with Crippen molar-refractivity contribution < 1.29 is 17.6 Å². The average molecular weight is 479 g/mol. The lowest BCUT2D eigenvalue weighted by Crippen LogP contribution is -2.46. The van der Waals surface area contributed by atoms with Gasteiger partial charge in [0.05, 0.1) is 5.02 Å². The molecule has 2 N–H and O–H groups in total. The maximum absolute atomic E-state index is 13.7. The van der Waals surface area contributed by atoms with E-state index in [0.29, 0.717) is 16.9 Å². The predicted octanol–water partition coefficient (Wildman–Crippen LogP) is 4.16. The van der Waals surface area contributed by atoms with Crippen LogP contribution in [0.4, 0.5) is 4.39 Å². The van der Waals surface area contributed by atoms with Crippen molar-refractivity contribution in [3.8, 4) is 0 Å². The Morgan fingerprint density at radius 3 is 2.59 bits per heavy atom. The van der Waals surface area contributed by atoms with E-state index in [2.05, 4.69) is 10.0 Å². The van der Waals surface area contributed by atoms with E-state index in [1.807, 2.05) is 6.26 Å². The smallest absolute Gasteiger partial charge is 0.242 e. The number of rotatable bonds is 9. The molecule has 0 spiro atoms. The highest BCUT2D eigenvalue weighted by Crippen LogP contribution is 2.25. The van der Waals surface area contributed by atoms with E-state index < -0.39 is 22.0 Å². The van der Waals surface area contributed by atoms with Gasteiger partial charge in [-0.1, -0.05) is 35.3 Å². The zero-order valence-corrected chi connectivity index (χ0v) is 19.0. The second-order valence-corrected chi connectivity index (χ2v) is 9.84. The van der Waals surface area contributed by atoms with E-state index in [-0.39, 0.29) is 33.7 Å². The fraction of sp³-hybridized carbons (Fsp3) is 0.316. The van der Waals surface area contributed by atoms with Crippen molar-refractivity contribution in [2.45, 2.75) is 30.8 Å². The normalized spacial score (nSPS) is 12.6. The quantitative estimate of drug-likeness (QED) is 0.567. The van der Waals surface area contributed by atoms with E-state index in [1.54, 1.807) is 19.1 Å². The highest BCUT2D eigenvalue weighted by atomic mass is 35.5. The molecule has 2 aromatic carbocycles. The van der Waals surface area contributed by atoms with Gasteiger partial charge in [-0.15, -0.1) is 0 Å². The van der Waals surface area contributed by atoms with Crippen LogP contribution in [0.2, 0.25) is 10.0 Å². The van der Waals surface area contributed by atoms with E-state index in [0.717, 1.165) is 0 Å². The summed E-state index contributed by atoms with van der Waals surface area (Å²) in [5, 5.41) is 2.86. The van der Waals surface area contributed by atoms with Crippen molar-refractivity contribution in [2.24, 2.45) is 0 Å². The molecule has 0 saturated heterocycles. The average Bonchev–Trinajstić information content (AvgIpc) is 2.67. The number of carbonyl (C=O) groups excluding carboxylic acids is 1. The van der Waals surface area contributed by atoms with Crippen molar-refractivity contribution in [2.75, 3.05) is 12.0 Å². The number of aryl methyl sites for hydroxylation is 1. The molecule has 0 bridgehead atoms. The van der Waals surface area contributed by atoms with Gasteiger partial charge in [0.25, 0.3) is 0 Å². The van der Waals surface area contributed by atoms with Gasteiger partial charge in [-0.3, -0.25) is 4.79 Å². The third-order valence-electron chi connectivity index (χ3n) is 4.11. The molecular formula is C19H21Cl2FN2O3S2. The first-order valence-corrected chi connectivity index (χ1v) is 12.3. The zero-order valence-electron chi connectivity index (χ0n) is 15.8. The second kappa shape index (κ2) is 10.6. The minimum atomic E-state index is -4.08. The third-order valence-corrected chi connectivity index (χ3v) is 6.94. The molecule has 0 heterocycles. The van der Waals surface area contributed by atoms with Crippen LogP contribution < -0.4 is 10.0 Å². The van der Waals surface area contributed by atoms with Crippen LogP contribution in [-0.2, 0) is 21.4 Å². The molecule has 29 heavy (non-hydrogen) atoms. The van der Waals surface area contributed by atoms with Gasteiger partial charge in [0, 0.05) is 11.6 Å². The van der Waals surface area contributed by atoms with Crippen LogP contribution in [0.3, 0.4) is 0 Å². The van der Waals surface area contributed by atoms with Gasteiger partial charge < -0.3 is 5.32 Å². The summed E-state index contributed by atoms with van der Waals surface area (Å²) in [6.07, 6.45) is 2.12. The van der Waals surface area contributed by atoms with Crippen LogP contribution >= 0.6 is 35.0 Å². The lowest BCUT2D eigenvalue weighted by molar-refractivity contribution is -0.122. The number of thioether (sulfide) groups is 1. The van der Waals surface area contributed by atoms with Crippen LogP contribution in [0, 0.1) is 12.7 Å². The molecule has 1 atom stereocenters. The molecule has 0 aliphatic rings. The monoisotopic (exact) mass is 478 g/mol. The Kier molecular flexibility index (Phi) is 8.78. The zero-order chi connectivity index (χ0) is 21.6. The molecule has 158 valence electrons. The fourth-order valence-corrected chi connectivity index (χ4v) is 4.94. The molecule has 0 aromatic heterocycles. The summed E-state index contributed by atoms with van der Waals surface area (Å²) in [7, 11) is -4.08. The summed E-state index contributed by atoms with van der Waals surface area (Å²) in [5.41, 5.74) is 1.08. The SMILES string of the molecule is CSCCC(NS(=O)(=O)c1cc(Cl)ccc1Cl)C(=O)NCc1ccc(C)c(F)c1. The molecular weight excluding hydrogens is 458 g/mol. The molecule has 2 rings (SSSR count). The Morgan fingerprint density at radius 1 is 1.21 bits per heavy atom. The van der Waals surface area contributed by atoms with E-state index >= 15 is 0 Å². The Morgan fingerprint density at radius 2 is 1.93 bits per heavy atom. The number of benzene rings is 2. The Hall–Kier alpha value is -1.32. The number of halogens is 3. The highest BCUT2D eigenvalue weighted by Gasteiger charge is 2.27. The molecule has 0 aliphatic carbocycles. The summed E-state index contributed by atoms with van der Waals surface area (Å²) in [6, 6.07) is 7.71. The summed E-state index contributed by atoms with van der Waals surface area (Å²) < 4.78 is 41.6. The molecule has 0 aliphatic heterocycles. The molecule has 0 fully saturated rings. The molecule has 0 saturated carbocycles. The van der Waals surface area contributed by atoms with Crippen LogP contribution in [-0.4, -0.2) is 32.4 Å². The topological polar surface area (TPSA) is 75.3 Å². The van der Waals surface area contributed by atoms with Crippen LogP contribution in [0.15, 0.2) is 41.3 Å². The number of amides is 1. The van der Waals surface area contributed by atoms with Crippen LogP contribution in [0.25, 0.3) is 0 Å². The van der Waals surface area contributed by atoms with Gasteiger partial charge >= 0.3 is 0 Å².